The maximum Gasteiger partial charge on any atom is 0.274 e. The van der Waals surface area contributed by atoms with Crippen LogP contribution in [-0.4, -0.2) is 42.8 Å². The van der Waals surface area contributed by atoms with Gasteiger partial charge in [-0.25, -0.2) is 0 Å². The Balaban J connectivity index is 2.27. The van der Waals surface area contributed by atoms with E-state index in [0.29, 0.717) is 12.4 Å². The smallest absolute Gasteiger partial charge is 0.274 e. The van der Waals surface area contributed by atoms with Gasteiger partial charge in [0.05, 0.1) is 23.8 Å². The Morgan fingerprint density at radius 2 is 2.22 bits per heavy atom. The normalized spacial score (nSPS) is 11.3. The second kappa shape index (κ2) is 10.6. The lowest BCUT2D eigenvalue weighted by Gasteiger charge is -2.09. The third-order valence-corrected chi connectivity index (χ3v) is 3.59. The number of thioether (sulfide) groups is 1. The number of furan rings is 1. The molecule has 0 radical (unpaired) electrons. The molecule has 0 bridgehead atoms. The first kappa shape index (κ1) is 18.9. The molecule has 7 nitrogen and oxygen atoms in total. The van der Waals surface area contributed by atoms with Crippen LogP contribution in [0.1, 0.15) is 11.5 Å². The van der Waals surface area contributed by atoms with Gasteiger partial charge in [0.15, 0.2) is 5.82 Å². The number of nitro groups is 1. The molecule has 0 fully saturated rings. The zero-order valence-corrected chi connectivity index (χ0v) is 14.2. The molecule has 0 unspecified atom stereocenters. The van der Waals surface area contributed by atoms with Crippen molar-refractivity contribution in [2.45, 2.75) is 12.3 Å². The van der Waals surface area contributed by atoms with Crippen LogP contribution < -0.4 is 10.6 Å². The van der Waals surface area contributed by atoms with E-state index < -0.39 is 4.92 Å². The molecule has 126 valence electrons. The summed E-state index contributed by atoms with van der Waals surface area (Å²) in [5.74, 6) is 6.12. The highest BCUT2D eigenvalue weighted by molar-refractivity contribution is 7.98. The van der Waals surface area contributed by atoms with Crippen molar-refractivity contribution in [1.29, 1.82) is 0 Å². The van der Waals surface area contributed by atoms with Gasteiger partial charge in [-0.05, 0) is 26.2 Å². The summed E-state index contributed by atoms with van der Waals surface area (Å²) in [6, 6.07) is 3.96. The Morgan fingerprint density at radius 3 is 2.87 bits per heavy atom. The summed E-state index contributed by atoms with van der Waals surface area (Å²) in [6.45, 7) is 1.61. The number of nitrogens with one attached hydrogen (secondary N) is 2. The fraction of sp³-hybridized carbons (Fsp3) is 0.467. The lowest BCUT2D eigenvalue weighted by Crippen LogP contribution is -2.29. The zero-order valence-electron chi connectivity index (χ0n) is 13.4. The number of terminal acetylenes is 1. The first-order valence-corrected chi connectivity index (χ1v) is 8.23. The topological polar surface area (TPSA) is 83.6 Å². The fourth-order valence-corrected chi connectivity index (χ4v) is 2.48. The summed E-state index contributed by atoms with van der Waals surface area (Å²) in [5.41, 5.74) is 0. The lowest BCUT2D eigenvalue weighted by atomic mass is 10.4. The molecule has 0 atom stereocenters. The highest BCUT2D eigenvalue weighted by Gasteiger charge is 2.04. The molecule has 0 aliphatic rings. The molecule has 0 aromatic carbocycles. The zero-order chi connectivity index (χ0) is 17.1. The number of nitrogens with zero attached hydrogens (tertiary/aromatic N) is 2. The summed E-state index contributed by atoms with van der Waals surface area (Å²) in [5, 5.41) is 16.2. The average molecular weight is 338 g/mol. The predicted molar refractivity (Wildman–Crippen MR) is 92.2 cm³/mol. The second-order valence-electron chi connectivity index (χ2n) is 4.97. The Morgan fingerprint density at radius 1 is 1.48 bits per heavy atom. The molecule has 0 spiro atoms. The van der Waals surface area contributed by atoms with Gasteiger partial charge in [-0.3, -0.25) is 10.1 Å². The molecule has 0 saturated heterocycles. The van der Waals surface area contributed by atoms with Crippen molar-refractivity contribution in [2.24, 2.45) is 0 Å². The van der Waals surface area contributed by atoms with E-state index in [4.69, 9.17) is 10.8 Å². The average Bonchev–Trinajstić information content (AvgIpc) is 2.90. The molecule has 0 amide bonds. The molecule has 2 N–H and O–H groups in total. The SMILES string of the molecule is C#CCNC(=C[N+](=O)[O-])NCCSCc1ccc(CN(C)C)o1. The van der Waals surface area contributed by atoms with Gasteiger partial charge in [-0.15, -0.1) is 6.42 Å². The lowest BCUT2D eigenvalue weighted by molar-refractivity contribution is -0.404. The van der Waals surface area contributed by atoms with Crippen molar-refractivity contribution >= 4 is 11.8 Å². The summed E-state index contributed by atoms with van der Waals surface area (Å²) in [6.07, 6.45) is 6.00. The predicted octanol–water partition coefficient (Wildman–Crippen LogP) is 1.46. The van der Waals surface area contributed by atoms with Gasteiger partial charge in [0.1, 0.15) is 11.5 Å². The van der Waals surface area contributed by atoms with Crippen LogP contribution in [0, 0.1) is 22.5 Å². The quantitative estimate of drug-likeness (QED) is 0.273. The molecule has 1 heterocycles. The van der Waals surface area contributed by atoms with Gasteiger partial charge in [0.2, 0.25) is 0 Å². The van der Waals surface area contributed by atoms with Crippen LogP contribution in [0.3, 0.4) is 0 Å². The van der Waals surface area contributed by atoms with Crippen molar-refractivity contribution in [1.82, 2.24) is 15.5 Å². The highest BCUT2D eigenvalue weighted by atomic mass is 32.2. The van der Waals surface area contributed by atoms with Crippen molar-refractivity contribution in [3.63, 3.8) is 0 Å². The molecule has 1 rings (SSSR count). The summed E-state index contributed by atoms with van der Waals surface area (Å²) in [7, 11) is 3.99. The molecule has 0 aliphatic heterocycles. The molecular weight excluding hydrogens is 316 g/mol. The number of hydrogen-bond donors (Lipinski definition) is 2. The monoisotopic (exact) mass is 338 g/mol. The van der Waals surface area contributed by atoms with E-state index in [0.717, 1.165) is 35.8 Å². The Bertz CT molecular complexity index is 563. The minimum absolute atomic E-state index is 0.237. The van der Waals surface area contributed by atoms with Gasteiger partial charge >= 0.3 is 0 Å². The maximum atomic E-state index is 10.5. The van der Waals surface area contributed by atoms with E-state index in [1.54, 1.807) is 11.8 Å². The molecule has 8 heteroatoms. The Labute approximate surface area is 140 Å². The van der Waals surface area contributed by atoms with E-state index in [1.165, 1.54) is 0 Å². The van der Waals surface area contributed by atoms with Crippen LogP contribution in [0.5, 0.6) is 0 Å². The second-order valence-corrected chi connectivity index (χ2v) is 6.08. The minimum Gasteiger partial charge on any atom is -0.464 e. The van der Waals surface area contributed by atoms with Crippen LogP contribution in [0.4, 0.5) is 0 Å². The Kier molecular flexibility index (Phi) is 8.72. The van der Waals surface area contributed by atoms with Crippen LogP contribution in [-0.2, 0) is 12.3 Å². The van der Waals surface area contributed by atoms with Crippen molar-refractivity contribution in [3.8, 4) is 12.3 Å². The maximum absolute atomic E-state index is 10.5. The van der Waals surface area contributed by atoms with Crippen LogP contribution >= 0.6 is 11.8 Å². The van der Waals surface area contributed by atoms with E-state index in [9.17, 15) is 10.1 Å². The van der Waals surface area contributed by atoms with E-state index in [-0.39, 0.29) is 6.54 Å². The summed E-state index contributed by atoms with van der Waals surface area (Å²) in [4.78, 5) is 12.0. The van der Waals surface area contributed by atoms with Crippen molar-refractivity contribution < 1.29 is 9.34 Å². The van der Waals surface area contributed by atoms with Crippen LogP contribution in [0.25, 0.3) is 0 Å². The summed E-state index contributed by atoms with van der Waals surface area (Å²) < 4.78 is 5.71. The minimum atomic E-state index is -0.520. The molecule has 1 aromatic rings. The van der Waals surface area contributed by atoms with Gasteiger partial charge in [0.25, 0.3) is 6.20 Å². The molecule has 1 aromatic heterocycles. The van der Waals surface area contributed by atoms with Gasteiger partial charge < -0.3 is 20.0 Å². The molecule has 0 saturated carbocycles. The van der Waals surface area contributed by atoms with Gasteiger partial charge in [0, 0.05) is 12.3 Å². The third-order valence-electron chi connectivity index (χ3n) is 2.61. The number of hydrogen-bond acceptors (Lipinski definition) is 7. The summed E-state index contributed by atoms with van der Waals surface area (Å²) >= 11 is 1.69. The first-order chi connectivity index (χ1) is 11.0. The van der Waals surface area contributed by atoms with Gasteiger partial charge in [-0.1, -0.05) is 5.92 Å². The highest BCUT2D eigenvalue weighted by Crippen LogP contribution is 2.15. The molecule has 23 heavy (non-hydrogen) atoms. The third kappa shape index (κ3) is 8.80. The fourth-order valence-electron chi connectivity index (χ4n) is 1.73. The van der Waals surface area contributed by atoms with Crippen LogP contribution in [0.2, 0.25) is 0 Å². The standard InChI is InChI=1S/C15H22N4O3S/c1-4-7-16-15(11-19(20)21)17-8-9-23-12-14-6-5-13(22-14)10-18(2)3/h1,5-6,11,16-17H,7-10,12H2,2-3H3. The molecule has 0 aliphatic carbocycles. The first-order valence-electron chi connectivity index (χ1n) is 7.08. The van der Waals surface area contributed by atoms with E-state index in [1.807, 2.05) is 31.1 Å². The van der Waals surface area contributed by atoms with E-state index >= 15 is 0 Å². The van der Waals surface area contributed by atoms with Gasteiger partial charge in [-0.2, -0.15) is 11.8 Å². The van der Waals surface area contributed by atoms with Crippen molar-refractivity contribution in [3.05, 3.63) is 45.8 Å². The largest absolute Gasteiger partial charge is 0.464 e. The van der Waals surface area contributed by atoms with E-state index in [2.05, 4.69) is 16.6 Å². The van der Waals surface area contributed by atoms with Crippen molar-refractivity contribution in [2.75, 3.05) is 32.9 Å². The molecular formula is C15H22N4O3S. The number of rotatable bonds is 11. The van der Waals surface area contributed by atoms with Crippen LogP contribution in [0.15, 0.2) is 28.6 Å². The Hall–Kier alpha value is -2.11.